The summed E-state index contributed by atoms with van der Waals surface area (Å²) in [6.45, 7) is 7.18. The standard InChI is InChI=1S/C23H40N2O2.ClH/c1-14(26)18-6-7-19-17-5-4-15-12-16(25-21(27)13-24)8-10-22(15,2)20(17)9-11-23(18,19)3;/h14-20,26H,4-13,24H2,1-3H3,(H,25,27);1H/t14-,15+,16-,17?,18-,19?,20?,22+,23-;/m1./s1. The Morgan fingerprint density at radius 3 is 2.43 bits per heavy atom. The molecule has 28 heavy (non-hydrogen) atoms. The van der Waals surface area contributed by atoms with Crippen LogP contribution in [0.1, 0.15) is 78.6 Å². The number of aliphatic hydroxyl groups is 1. The summed E-state index contributed by atoms with van der Waals surface area (Å²) in [5, 5.41) is 13.5. The molecule has 0 spiro atoms. The summed E-state index contributed by atoms with van der Waals surface area (Å²) in [5.41, 5.74) is 6.29. The minimum absolute atomic E-state index is 0. The molecule has 4 saturated carbocycles. The van der Waals surface area contributed by atoms with Gasteiger partial charge in [0, 0.05) is 6.04 Å². The molecule has 4 N–H and O–H groups in total. The number of aliphatic hydroxyl groups excluding tert-OH is 1. The smallest absolute Gasteiger partial charge is 0.233 e. The van der Waals surface area contributed by atoms with Crippen LogP contribution in [0, 0.1) is 40.4 Å². The summed E-state index contributed by atoms with van der Waals surface area (Å²) >= 11 is 0. The molecule has 0 aliphatic heterocycles. The number of halogens is 1. The van der Waals surface area contributed by atoms with E-state index in [1.165, 1.54) is 44.9 Å². The number of fused-ring (bicyclic) bond motifs is 5. The number of hydrogen-bond acceptors (Lipinski definition) is 3. The molecule has 0 aromatic heterocycles. The number of nitrogens with two attached hydrogens (primary N) is 1. The van der Waals surface area contributed by atoms with E-state index in [0.717, 1.165) is 36.5 Å². The highest BCUT2D eigenvalue weighted by molar-refractivity contribution is 5.85. The molecule has 0 saturated heterocycles. The minimum Gasteiger partial charge on any atom is -0.393 e. The van der Waals surface area contributed by atoms with Crippen molar-refractivity contribution in [3.05, 3.63) is 0 Å². The molecular weight excluding hydrogens is 372 g/mol. The average molecular weight is 413 g/mol. The third kappa shape index (κ3) is 3.41. The zero-order chi connectivity index (χ0) is 19.4. The van der Waals surface area contributed by atoms with E-state index in [-0.39, 0.29) is 31.0 Å². The van der Waals surface area contributed by atoms with Gasteiger partial charge in [0.1, 0.15) is 0 Å². The number of carbonyl (C=O) groups is 1. The lowest BCUT2D eigenvalue weighted by Crippen LogP contribution is -2.56. The van der Waals surface area contributed by atoms with E-state index >= 15 is 0 Å². The van der Waals surface area contributed by atoms with Crippen molar-refractivity contribution in [1.29, 1.82) is 0 Å². The molecule has 5 heteroatoms. The van der Waals surface area contributed by atoms with Gasteiger partial charge >= 0.3 is 0 Å². The first kappa shape index (κ1) is 22.4. The lowest BCUT2D eigenvalue weighted by atomic mass is 9.44. The summed E-state index contributed by atoms with van der Waals surface area (Å²) in [6, 6.07) is 0.329. The van der Waals surface area contributed by atoms with E-state index in [9.17, 15) is 9.90 Å². The SMILES string of the molecule is C[C@@H](O)[C@H]1CCC2C3CC[C@H]4C[C@H](NC(=O)CN)CC[C@]4(C)C3CC[C@@]21C.Cl. The minimum atomic E-state index is -0.162. The molecule has 0 radical (unpaired) electrons. The van der Waals surface area contributed by atoms with Crippen LogP contribution in [0.3, 0.4) is 0 Å². The van der Waals surface area contributed by atoms with E-state index in [1.807, 2.05) is 6.92 Å². The molecule has 162 valence electrons. The second-order valence-electron chi connectivity index (χ2n) is 10.9. The second kappa shape index (κ2) is 8.07. The fraction of sp³-hybridized carbons (Fsp3) is 0.957. The number of hydrogen-bond donors (Lipinski definition) is 3. The summed E-state index contributed by atoms with van der Waals surface area (Å²) in [5.74, 6) is 3.74. The van der Waals surface area contributed by atoms with Crippen molar-refractivity contribution < 1.29 is 9.90 Å². The number of nitrogens with one attached hydrogen (secondary N) is 1. The predicted molar refractivity (Wildman–Crippen MR) is 115 cm³/mol. The van der Waals surface area contributed by atoms with Crippen LogP contribution in [0.2, 0.25) is 0 Å². The van der Waals surface area contributed by atoms with Crippen molar-refractivity contribution in [2.45, 2.75) is 90.7 Å². The Labute approximate surface area is 177 Å². The maximum atomic E-state index is 11.7. The first-order valence-electron chi connectivity index (χ1n) is 11.5. The van der Waals surface area contributed by atoms with Gasteiger partial charge in [-0.05, 0) is 105 Å². The Morgan fingerprint density at radius 1 is 1.07 bits per heavy atom. The quantitative estimate of drug-likeness (QED) is 0.658. The summed E-state index contributed by atoms with van der Waals surface area (Å²) in [4.78, 5) is 11.7. The molecule has 0 aromatic carbocycles. The molecule has 4 aliphatic rings. The van der Waals surface area contributed by atoms with Crippen LogP contribution in [-0.4, -0.2) is 29.7 Å². The predicted octanol–water partition coefficient (Wildman–Crippen LogP) is 3.89. The van der Waals surface area contributed by atoms with Gasteiger partial charge in [0.05, 0.1) is 12.6 Å². The van der Waals surface area contributed by atoms with E-state index in [2.05, 4.69) is 19.2 Å². The first-order valence-corrected chi connectivity index (χ1v) is 11.5. The van der Waals surface area contributed by atoms with Crippen LogP contribution in [0.4, 0.5) is 0 Å². The highest BCUT2D eigenvalue weighted by atomic mass is 35.5. The van der Waals surface area contributed by atoms with Gasteiger partial charge in [0.25, 0.3) is 0 Å². The summed E-state index contributed by atoms with van der Waals surface area (Å²) in [7, 11) is 0. The van der Waals surface area contributed by atoms with Gasteiger partial charge in [0.15, 0.2) is 0 Å². The Morgan fingerprint density at radius 2 is 1.75 bits per heavy atom. The van der Waals surface area contributed by atoms with E-state index in [0.29, 0.717) is 22.8 Å². The third-order valence-electron chi connectivity index (χ3n) is 9.87. The van der Waals surface area contributed by atoms with Gasteiger partial charge in [-0.25, -0.2) is 0 Å². The average Bonchev–Trinajstić information content (AvgIpc) is 2.99. The van der Waals surface area contributed by atoms with Crippen LogP contribution < -0.4 is 11.1 Å². The maximum Gasteiger partial charge on any atom is 0.233 e. The molecule has 0 heterocycles. The highest BCUT2D eigenvalue weighted by Crippen LogP contribution is 2.67. The zero-order valence-electron chi connectivity index (χ0n) is 18.0. The van der Waals surface area contributed by atoms with Crippen molar-refractivity contribution in [1.82, 2.24) is 5.32 Å². The van der Waals surface area contributed by atoms with Crippen LogP contribution in [0.15, 0.2) is 0 Å². The second-order valence-corrected chi connectivity index (χ2v) is 10.9. The largest absolute Gasteiger partial charge is 0.393 e. The van der Waals surface area contributed by atoms with E-state index < -0.39 is 0 Å². The fourth-order valence-electron chi connectivity index (χ4n) is 8.51. The Hall–Kier alpha value is -0.320. The molecule has 4 fully saturated rings. The van der Waals surface area contributed by atoms with Gasteiger partial charge in [0.2, 0.25) is 5.91 Å². The Balaban J connectivity index is 0.00000225. The molecule has 3 unspecified atom stereocenters. The molecule has 0 aromatic rings. The molecular formula is C23H41ClN2O2. The Bertz CT molecular complexity index is 585. The fourth-order valence-corrected chi connectivity index (χ4v) is 8.51. The van der Waals surface area contributed by atoms with Crippen LogP contribution in [0.25, 0.3) is 0 Å². The van der Waals surface area contributed by atoms with E-state index in [1.54, 1.807) is 0 Å². The molecule has 0 bridgehead atoms. The normalized spacial score (nSPS) is 48.5. The highest BCUT2D eigenvalue weighted by Gasteiger charge is 2.60. The first-order chi connectivity index (χ1) is 12.8. The molecule has 1 amide bonds. The van der Waals surface area contributed by atoms with Crippen molar-refractivity contribution in [3.8, 4) is 0 Å². The summed E-state index contributed by atoms with van der Waals surface area (Å²) in [6.07, 6.45) is 11.2. The molecule has 4 aliphatic carbocycles. The van der Waals surface area contributed by atoms with Gasteiger partial charge in [-0.15, -0.1) is 12.4 Å². The third-order valence-corrected chi connectivity index (χ3v) is 9.87. The number of rotatable bonds is 3. The van der Waals surface area contributed by atoms with Crippen LogP contribution in [-0.2, 0) is 4.79 Å². The molecule has 4 rings (SSSR count). The summed E-state index contributed by atoms with van der Waals surface area (Å²) < 4.78 is 0. The molecule has 9 atom stereocenters. The van der Waals surface area contributed by atoms with Crippen LogP contribution >= 0.6 is 12.4 Å². The van der Waals surface area contributed by atoms with Crippen molar-refractivity contribution in [2.24, 2.45) is 46.2 Å². The van der Waals surface area contributed by atoms with Gasteiger partial charge < -0.3 is 16.2 Å². The lowest BCUT2D eigenvalue weighted by molar-refractivity contribution is -0.128. The Kier molecular flexibility index (Phi) is 6.45. The van der Waals surface area contributed by atoms with Crippen molar-refractivity contribution >= 4 is 18.3 Å². The van der Waals surface area contributed by atoms with Crippen molar-refractivity contribution in [3.63, 3.8) is 0 Å². The van der Waals surface area contributed by atoms with Gasteiger partial charge in [-0.2, -0.15) is 0 Å². The van der Waals surface area contributed by atoms with Crippen LogP contribution in [0.5, 0.6) is 0 Å². The molecule has 4 nitrogen and oxygen atoms in total. The van der Waals surface area contributed by atoms with Gasteiger partial charge in [-0.3, -0.25) is 4.79 Å². The van der Waals surface area contributed by atoms with Gasteiger partial charge in [-0.1, -0.05) is 13.8 Å². The van der Waals surface area contributed by atoms with Crippen molar-refractivity contribution in [2.75, 3.05) is 6.54 Å². The van der Waals surface area contributed by atoms with E-state index in [4.69, 9.17) is 5.73 Å². The maximum absolute atomic E-state index is 11.7. The lowest BCUT2D eigenvalue weighted by Gasteiger charge is -2.61. The zero-order valence-corrected chi connectivity index (χ0v) is 18.8. The number of amides is 1. The topological polar surface area (TPSA) is 75.3 Å². The monoisotopic (exact) mass is 412 g/mol. The number of carbonyl (C=O) groups excluding carboxylic acids is 1.